The van der Waals surface area contributed by atoms with E-state index in [1.54, 1.807) is 0 Å². The van der Waals surface area contributed by atoms with Crippen LogP contribution in [0, 0.1) is 0 Å². The van der Waals surface area contributed by atoms with Gasteiger partial charge in [0.15, 0.2) is 0 Å². The molecule has 2 heterocycles. The summed E-state index contributed by atoms with van der Waals surface area (Å²) in [5.74, 6) is 1.58. The zero-order valence-corrected chi connectivity index (χ0v) is 10.4. The van der Waals surface area contributed by atoms with Crippen molar-refractivity contribution in [1.29, 1.82) is 0 Å². The van der Waals surface area contributed by atoms with E-state index in [1.807, 2.05) is 0 Å². The minimum atomic E-state index is 0.322. The number of hydrogen-bond donors (Lipinski definition) is 0. The second-order valence-electron chi connectivity index (χ2n) is 4.12. The second-order valence-corrected chi connectivity index (χ2v) is 4.46. The van der Waals surface area contributed by atoms with Crippen molar-refractivity contribution in [2.45, 2.75) is 39.0 Å². The van der Waals surface area contributed by atoms with E-state index >= 15 is 0 Å². The van der Waals surface area contributed by atoms with E-state index in [-0.39, 0.29) is 0 Å². The molecule has 0 amide bonds. The van der Waals surface area contributed by atoms with Gasteiger partial charge in [-0.15, -0.1) is 0 Å². The molecule has 16 heavy (non-hydrogen) atoms. The van der Waals surface area contributed by atoms with Crippen LogP contribution in [0.15, 0.2) is 0 Å². The van der Waals surface area contributed by atoms with Crippen molar-refractivity contribution >= 4 is 17.5 Å². The summed E-state index contributed by atoms with van der Waals surface area (Å²) in [6.07, 6.45) is 5.56. The molecule has 0 aromatic carbocycles. The lowest BCUT2D eigenvalue weighted by atomic mass is 10.2. The Morgan fingerprint density at radius 1 is 1.19 bits per heavy atom. The number of hydrogen-bond acceptors (Lipinski definition) is 4. The lowest BCUT2D eigenvalue weighted by molar-refractivity contribution is 0.736. The van der Waals surface area contributed by atoms with Gasteiger partial charge in [0.2, 0.25) is 11.2 Å². The van der Waals surface area contributed by atoms with Gasteiger partial charge in [-0.3, -0.25) is 0 Å². The molecule has 1 aromatic heterocycles. The minimum Gasteiger partial charge on any atom is -0.341 e. The fourth-order valence-electron chi connectivity index (χ4n) is 1.88. The molecule has 2 rings (SSSR count). The smallest absolute Gasteiger partial charge is 0.229 e. The van der Waals surface area contributed by atoms with Crippen LogP contribution in [0.2, 0.25) is 5.28 Å². The van der Waals surface area contributed by atoms with Crippen LogP contribution in [0.25, 0.3) is 0 Å². The highest BCUT2D eigenvalue weighted by Crippen LogP contribution is 2.17. The van der Waals surface area contributed by atoms with E-state index < -0.39 is 0 Å². The first kappa shape index (κ1) is 11.6. The molecular formula is C11H17ClN4. The van der Waals surface area contributed by atoms with Crippen LogP contribution in [0.5, 0.6) is 0 Å². The van der Waals surface area contributed by atoms with Gasteiger partial charge in [0.1, 0.15) is 5.82 Å². The van der Waals surface area contributed by atoms with E-state index in [0.717, 1.165) is 44.1 Å². The molecular weight excluding hydrogens is 224 g/mol. The third kappa shape index (κ3) is 2.82. The maximum atomic E-state index is 5.92. The Morgan fingerprint density at radius 3 is 2.62 bits per heavy atom. The summed E-state index contributed by atoms with van der Waals surface area (Å²) in [6, 6.07) is 0. The average molecular weight is 241 g/mol. The fourth-order valence-corrected chi connectivity index (χ4v) is 2.06. The fraction of sp³-hybridized carbons (Fsp3) is 0.727. The summed E-state index contributed by atoms with van der Waals surface area (Å²) in [4.78, 5) is 15.0. The topological polar surface area (TPSA) is 41.9 Å². The predicted molar refractivity (Wildman–Crippen MR) is 64.9 cm³/mol. The van der Waals surface area contributed by atoms with Crippen LogP contribution >= 0.6 is 11.6 Å². The first-order chi connectivity index (χ1) is 7.79. The average Bonchev–Trinajstić information content (AvgIpc) is 2.79. The van der Waals surface area contributed by atoms with Gasteiger partial charge in [-0.25, -0.2) is 4.98 Å². The number of aromatic nitrogens is 3. The first-order valence-electron chi connectivity index (χ1n) is 5.95. The van der Waals surface area contributed by atoms with E-state index in [4.69, 9.17) is 11.6 Å². The number of halogens is 1. The zero-order chi connectivity index (χ0) is 11.4. The Morgan fingerprint density at radius 2 is 1.94 bits per heavy atom. The number of aryl methyl sites for hydroxylation is 1. The summed E-state index contributed by atoms with van der Waals surface area (Å²) in [5.41, 5.74) is 0. The van der Waals surface area contributed by atoms with Crippen molar-refractivity contribution < 1.29 is 0 Å². The Labute approximate surface area is 101 Å². The van der Waals surface area contributed by atoms with Crippen LogP contribution < -0.4 is 4.90 Å². The maximum Gasteiger partial charge on any atom is 0.229 e. The molecule has 1 aromatic rings. The van der Waals surface area contributed by atoms with Gasteiger partial charge in [0, 0.05) is 19.5 Å². The van der Waals surface area contributed by atoms with E-state index in [9.17, 15) is 0 Å². The lowest BCUT2D eigenvalue weighted by Crippen LogP contribution is -2.21. The molecule has 5 heteroatoms. The highest BCUT2D eigenvalue weighted by Gasteiger charge is 2.16. The first-order valence-corrected chi connectivity index (χ1v) is 6.33. The molecule has 1 aliphatic heterocycles. The Bertz CT molecular complexity index is 350. The largest absolute Gasteiger partial charge is 0.341 e. The maximum absolute atomic E-state index is 5.92. The van der Waals surface area contributed by atoms with Crippen LogP contribution in [-0.2, 0) is 6.42 Å². The highest BCUT2D eigenvalue weighted by atomic mass is 35.5. The molecule has 1 saturated heterocycles. The number of unbranched alkanes of at least 4 members (excludes halogenated alkanes) is 1. The van der Waals surface area contributed by atoms with Crippen molar-refractivity contribution in [2.24, 2.45) is 0 Å². The van der Waals surface area contributed by atoms with Crippen LogP contribution in [0.3, 0.4) is 0 Å². The minimum absolute atomic E-state index is 0.322. The zero-order valence-electron chi connectivity index (χ0n) is 9.62. The van der Waals surface area contributed by atoms with Crippen LogP contribution in [0.1, 0.15) is 38.4 Å². The van der Waals surface area contributed by atoms with Crippen molar-refractivity contribution in [3.63, 3.8) is 0 Å². The predicted octanol–water partition coefficient (Wildman–Crippen LogP) is 2.47. The Balaban J connectivity index is 2.14. The van der Waals surface area contributed by atoms with Crippen molar-refractivity contribution in [1.82, 2.24) is 15.0 Å². The molecule has 1 aliphatic rings. The van der Waals surface area contributed by atoms with E-state index in [0.29, 0.717) is 5.28 Å². The van der Waals surface area contributed by atoms with E-state index in [2.05, 4.69) is 26.8 Å². The summed E-state index contributed by atoms with van der Waals surface area (Å²) in [5, 5.41) is 0.322. The van der Waals surface area contributed by atoms with Gasteiger partial charge in [0.05, 0.1) is 0 Å². The van der Waals surface area contributed by atoms with Crippen LogP contribution in [0.4, 0.5) is 5.95 Å². The Kier molecular flexibility index (Phi) is 3.93. The molecule has 0 spiro atoms. The summed E-state index contributed by atoms with van der Waals surface area (Å²) in [6.45, 7) is 4.23. The molecule has 0 radical (unpaired) electrons. The van der Waals surface area contributed by atoms with Crippen molar-refractivity contribution in [3.8, 4) is 0 Å². The molecule has 0 unspecified atom stereocenters. The van der Waals surface area contributed by atoms with Gasteiger partial charge < -0.3 is 4.90 Å². The number of anilines is 1. The third-order valence-electron chi connectivity index (χ3n) is 2.79. The normalized spacial score (nSPS) is 15.8. The van der Waals surface area contributed by atoms with Gasteiger partial charge in [-0.05, 0) is 30.9 Å². The SMILES string of the molecule is CCCCc1nc(Cl)nc(N2CCCC2)n1. The molecule has 0 N–H and O–H groups in total. The molecule has 88 valence electrons. The summed E-state index contributed by atoms with van der Waals surface area (Å²) >= 11 is 5.92. The van der Waals surface area contributed by atoms with Gasteiger partial charge in [-0.2, -0.15) is 9.97 Å². The molecule has 0 bridgehead atoms. The van der Waals surface area contributed by atoms with E-state index in [1.165, 1.54) is 12.8 Å². The molecule has 1 fully saturated rings. The van der Waals surface area contributed by atoms with Crippen LogP contribution in [-0.4, -0.2) is 28.0 Å². The summed E-state index contributed by atoms with van der Waals surface area (Å²) < 4.78 is 0. The Hall–Kier alpha value is -0.900. The second kappa shape index (κ2) is 5.43. The van der Waals surface area contributed by atoms with Gasteiger partial charge in [-0.1, -0.05) is 13.3 Å². The van der Waals surface area contributed by atoms with Gasteiger partial charge >= 0.3 is 0 Å². The number of nitrogens with zero attached hydrogens (tertiary/aromatic N) is 4. The third-order valence-corrected chi connectivity index (χ3v) is 2.95. The molecule has 0 saturated carbocycles. The van der Waals surface area contributed by atoms with Crippen molar-refractivity contribution in [3.05, 3.63) is 11.1 Å². The molecule has 0 atom stereocenters. The van der Waals surface area contributed by atoms with Gasteiger partial charge in [0.25, 0.3) is 0 Å². The number of rotatable bonds is 4. The lowest BCUT2D eigenvalue weighted by Gasteiger charge is -2.15. The molecule has 0 aliphatic carbocycles. The molecule has 4 nitrogen and oxygen atoms in total. The highest BCUT2D eigenvalue weighted by molar-refractivity contribution is 6.28. The standard InChI is InChI=1S/C11H17ClN4/c1-2-3-6-9-13-10(12)15-11(14-9)16-7-4-5-8-16/h2-8H2,1H3. The summed E-state index contributed by atoms with van der Waals surface area (Å²) in [7, 11) is 0. The van der Waals surface area contributed by atoms with Crippen molar-refractivity contribution in [2.75, 3.05) is 18.0 Å². The monoisotopic (exact) mass is 240 g/mol. The quantitative estimate of drug-likeness (QED) is 0.811.